The molecule has 2 N–H and O–H groups in total. The van der Waals surface area contributed by atoms with Crippen LogP contribution in [-0.4, -0.2) is 56.4 Å². The minimum Gasteiger partial charge on any atom is -0.494 e. The van der Waals surface area contributed by atoms with Crippen molar-refractivity contribution in [3.8, 4) is 5.75 Å². The summed E-state index contributed by atoms with van der Waals surface area (Å²) >= 11 is 0. The molecule has 0 aliphatic carbocycles. The Labute approximate surface area is 277 Å². The second-order valence-electron chi connectivity index (χ2n) is 11.1. The Hall–Kier alpha value is -5.23. The molecule has 1 aliphatic heterocycles. The van der Waals surface area contributed by atoms with E-state index in [1.165, 1.54) is 24.3 Å². The summed E-state index contributed by atoms with van der Waals surface area (Å²) in [5.41, 5.74) is 9.35. The smallest absolute Gasteiger partial charge is 0.252 e. The summed E-state index contributed by atoms with van der Waals surface area (Å²) in [6.45, 7) is 0.464. The van der Waals surface area contributed by atoms with Crippen LogP contribution in [0.4, 0.5) is 10.1 Å². The van der Waals surface area contributed by atoms with Gasteiger partial charge >= 0.3 is 0 Å². The van der Waals surface area contributed by atoms with E-state index in [2.05, 4.69) is 15.3 Å². The Bertz CT molecular complexity index is 1900. The molecule has 1 heterocycles. The Morgan fingerprint density at radius 1 is 1.02 bits per heavy atom. The first-order valence-corrected chi connectivity index (χ1v) is 17.0. The number of sulfone groups is 1. The molecule has 1 aliphatic rings. The number of hydrogen-bond acceptors (Lipinski definition) is 8. The number of azide groups is 1. The molecule has 48 heavy (non-hydrogen) atoms. The van der Waals surface area contributed by atoms with Gasteiger partial charge in [0, 0.05) is 47.7 Å². The van der Waals surface area contributed by atoms with Crippen molar-refractivity contribution in [1.82, 2.24) is 5.32 Å². The maximum absolute atomic E-state index is 14.4. The highest BCUT2D eigenvalue weighted by Crippen LogP contribution is 2.46. The average molecular weight is 672 g/mol. The van der Waals surface area contributed by atoms with E-state index in [0.29, 0.717) is 36.3 Å². The fraction of sp³-hybridized carbons (Fsp3) is 0.257. The molecule has 248 valence electrons. The van der Waals surface area contributed by atoms with Gasteiger partial charge < -0.3 is 19.9 Å². The number of carbonyl (C=O) groups is 1. The van der Waals surface area contributed by atoms with Gasteiger partial charge in [-0.1, -0.05) is 59.7 Å². The molecule has 4 aromatic carbocycles. The van der Waals surface area contributed by atoms with E-state index in [1.54, 1.807) is 78.9 Å². The van der Waals surface area contributed by atoms with Gasteiger partial charge in [-0.3, -0.25) is 4.79 Å². The molecule has 0 saturated carbocycles. The quantitative estimate of drug-likeness (QED) is 0.0681. The van der Waals surface area contributed by atoms with E-state index in [9.17, 15) is 23.1 Å². The van der Waals surface area contributed by atoms with Crippen LogP contribution < -0.4 is 10.1 Å². The van der Waals surface area contributed by atoms with E-state index < -0.39 is 33.1 Å². The highest BCUT2D eigenvalue weighted by molar-refractivity contribution is 7.91. The van der Waals surface area contributed by atoms with Crippen molar-refractivity contribution in [2.45, 2.75) is 35.8 Å². The lowest BCUT2D eigenvalue weighted by atomic mass is 9.84. The number of aliphatic hydroxyl groups excluding tert-OH is 1. The number of halogens is 1. The molecule has 0 aromatic heterocycles. The molecule has 1 amide bonds. The lowest BCUT2D eigenvalue weighted by Crippen LogP contribution is -2.49. The fourth-order valence-corrected chi connectivity index (χ4v) is 6.74. The zero-order valence-corrected chi connectivity index (χ0v) is 26.7. The van der Waals surface area contributed by atoms with Gasteiger partial charge in [-0.15, -0.1) is 0 Å². The molecule has 0 radical (unpaired) electrons. The molecule has 13 heteroatoms. The molecule has 5 rings (SSSR count). The number of hydrogen-bond donors (Lipinski definition) is 2. The van der Waals surface area contributed by atoms with Gasteiger partial charge in [0.1, 0.15) is 11.6 Å². The van der Waals surface area contributed by atoms with Gasteiger partial charge in [-0.25, -0.2) is 17.8 Å². The fourth-order valence-electron chi connectivity index (χ4n) is 5.36. The second-order valence-corrected chi connectivity index (χ2v) is 13.2. The summed E-state index contributed by atoms with van der Waals surface area (Å²) in [5, 5.41) is 15.8. The largest absolute Gasteiger partial charge is 0.494 e. The van der Waals surface area contributed by atoms with Crippen LogP contribution in [0.25, 0.3) is 10.4 Å². The van der Waals surface area contributed by atoms with E-state index in [0.717, 1.165) is 5.56 Å². The third-order valence-electron chi connectivity index (χ3n) is 7.87. The predicted octanol–water partition coefficient (Wildman–Crippen LogP) is 6.01. The minimum absolute atomic E-state index is 0.00449. The summed E-state index contributed by atoms with van der Waals surface area (Å²) in [7, 11) is -3.87. The predicted molar refractivity (Wildman–Crippen MR) is 178 cm³/mol. The van der Waals surface area contributed by atoms with Gasteiger partial charge in [-0.05, 0) is 66.0 Å². The summed E-state index contributed by atoms with van der Waals surface area (Å²) in [4.78, 5) is 22.3. The van der Waals surface area contributed by atoms with Crippen LogP contribution in [0.5, 0.6) is 5.75 Å². The van der Waals surface area contributed by atoms with Crippen molar-refractivity contribution in [3.05, 3.63) is 136 Å². The van der Waals surface area contributed by atoms with Gasteiger partial charge in [0.05, 0.1) is 17.3 Å². The second kappa shape index (κ2) is 15.6. The van der Waals surface area contributed by atoms with Crippen molar-refractivity contribution in [1.29, 1.82) is 0 Å². The van der Waals surface area contributed by atoms with Crippen molar-refractivity contribution in [3.63, 3.8) is 0 Å². The molecule has 0 unspecified atom stereocenters. The number of amides is 1. The zero-order valence-electron chi connectivity index (χ0n) is 25.9. The van der Waals surface area contributed by atoms with Crippen LogP contribution in [0, 0.1) is 5.82 Å². The molecular weight excluding hydrogens is 637 g/mol. The number of aliphatic imine (C=N–C) groups is 1. The van der Waals surface area contributed by atoms with Crippen molar-refractivity contribution in [2.75, 3.05) is 25.5 Å². The lowest BCUT2D eigenvalue weighted by Gasteiger charge is -2.31. The zero-order chi connectivity index (χ0) is 34.0. The maximum Gasteiger partial charge on any atom is 0.252 e. The normalized spacial score (nSPS) is 17.1. The van der Waals surface area contributed by atoms with Crippen molar-refractivity contribution < 1.29 is 32.2 Å². The van der Waals surface area contributed by atoms with Crippen LogP contribution in [0.1, 0.15) is 35.6 Å². The summed E-state index contributed by atoms with van der Waals surface area (Å²) < 4.78 is 52.6. The third-order valence-corrected chi connectivity index (χ3v) is 9.60. The standard InChI is InChI=1S/C35H34FN5O6S/c36-27-15-11-25(12-16-27)19-21-38-34(43)35(20-24-48(44,45)29-7-2-1-3-8-29)32(30-9-4-5-10-31(30)40-41-37)47-33(39-35)26-13-17-28(18-14-26)46-23-6-22-42/h1-5,7-18,32,42H,6,19-24H2,(H,38,43)/t32-,35-/m1/s1. The van der Waals surface area contributed by atoms with Gasteiger partial charge in [0.25, 0.3) is 5.91 Å². The first-order valence-electron chi connectivity index (χ1n) is 15.3. The van der Waals surface area contributed by atoms with Crippen LogP contribution in [-0.2, 0) is 25.8 Å². The van der Waals surface area contributed by atoms with Crippen molar-refractivity contribution in [2.24, 2.45) is 10.1 Å². The number of aliphatic hydroxyl groups is 1. The highest BCUT2D eigenvalue weighted by atomic mass is 32.2. The van der Waals surface area contributed by atoms with E-state index in [1.807, 2.05) is 0 Å². The SMILES string of the molecule is [N-]=[N+]=Nc1ccccc1[C@H]1OC(c2ccc(OCCCO)cc2)=N[C@@]1(CCS(=O)(=O)c1ccccc1)C(=O)NCCc1ccc(F)cc1. The number of nitrogens with zero attached hydrogens (tertiary/aromatic N) is 4. The summed E-state index contributed by atoms with van der Waals surface area (Å²) in [6.07, 6.45) is -0.603. The summed E-state index contributed by atoms with van der Waals surface area (Å²) in [5.74, 6) is -0.774. The number of carbonyl (C=O) groups excluding carboxylic acids is 1. The molecule has 2 atom stereocenters. The van der Waals surface area contributed by atoms with Crippen LogP contribution in [0.15, 0.2) is 118 Å². The Kier molecular flexibility index (Phi) is 11.1. The average Bonchev–Trinajstić information content (AvgIpc) is 3.50. The first kappa shape index (κ1) is 34.1. The van der Waals surface area contributed by atoms with Gasteiger partial charge in [-0.2, -0.15) is 0 Å². The monoisotopic (exact) mass is 671 g/mol. The van der Waals surface area contributed by atoms with Crippen LogP contribution in [0.2, 0.25) is 0 Å². The third kappa shape index (κ3) is 8.00. The molecule has 4 aromatic rings. The maximum atomic E-state index is 14.4. The van der Waals surface area contributed by atoms with Crippen LogP contribution >= 0.6 is 0 Å². The molecule has 0 saturated heterocycles. The highest BCUT2D eigenvalue weighted by Gasteiger charge is 2.54. The first-order chi connectivity index (χ1) is 23.3. The molecule has 0 spiro atoms. The number of benzene rings is 4. The van der Waals surface area contributed by atoms with Gasteiger partial charge in [0.15, 0.2) is 21.5 Å². The number of rotatable bonds is 15. The van der Waals surface area contributed by atoms with E-state index in [4.69, 9.17) is 19.6 Å². The van der Waals surface area contributed by atoms with E-state index in [-0.39, 0.29) is 41.9 Å². The van der Waals surface area contributed by atoms with Crippen LogP contribution in [0.3, 0.4) is 0 Å². The summed E-state index contributed by atoms with van der Waals surface area (Å²) in [6, 6.07) is 27.2. The topological polar surface area (TPSA) is 163 Å². The van der Waals surface area contributed by atoms with Gasteiger partial charge in [0.2, 0.25) is 5.90 Å². The van der Waals surface area contributed by atoms with E-state index >= 15 is 0 Å². The molecule has 0 bridgehead atoms. The Morgan fingerprint density at radius 2 is 1.73 bits per heavy atom. The van der Waals surface area contributed by atoms with Crippen molar-refractivity contribution >= 4 is 27.3 Å². The number of ether oxygens (including phenoxy) is 2. The molecular formula is C35H34FN5O6S. The lowest BCUT2D eigenvalue weighted by molar-refractivity contribution is -0.129. The Balaban J connectivity index is 1.56. The molecule has 0 fully saturated rings. The Morgan fingerprint density at radius 3 is 2.44 bits per heavy atom. The molecule has 11 nitrogen and oxygen atoms in total. The minimum atomic E-state index is -3.87. The number of nitrogens with one attached hydrogen (secondary N) is 1.